The minimum Gasteiger partial charge on any atom is -0.390 e. The van der Waals surface area contributed by atoms with Gasteiger partial charge in [-0.2, -0.15) is 0 Å². The van der Waals surface area contributed by atoms with Gasteiger partial charge >= 0.3 is 0 Å². The first kappa shape index (κ1) is 16.1. The standard InChI is InChI=1S/C21H34O2/c1-4-13-8-9-14-17-15(10-12-20(13,14)2)21(3)11-6-5-7-16(21)18(22)19(17)23/h4,14-19,22-23H,5-12H2,1-3H3/t14?,15?,16?,17?,18-,19-,20-,21-/m1/s1. The summed E-state index contributed by atoms with van der Waals surface area (Å²) < 4.78 is 0. The molecule has 4 unspecified atom stereocenters. The maximum atomic E-state index is 11.1. The topological polar surface area (TPSA) is 40.5 Å². The van der Waals surface area contributed by atoms with E-state index in [9.17, 15) is 10.2 Å². The Balaban J connectivity index is 1.74. The minimum atomic E-state index is -0.503. The Kier molecular flexibility index (Phi) is 3.74. The quantitative estimate of drug-likeness (QED) is 0.654. The van der Waals surface area contributed by atoms with Gasteiger partial charge in [0.15, 0.2) is 0 Å². The summed E-state index contributed by atoms with van der Waals surface area (Å²) in [6.07, 6.45) is 11.2. The van der Waals surface area contributed by atoms with Crippen molar-refractivity contribution >= 4 is 0 Å². The van der Waals surface area contributed by atoms with E-state index in [0.29, 0.717) is 23.7 Å². The highest BCUT2D eigenvalue weighted by Gasteiger charge is 2.63. The van der Waals surface area contributed by atoms with Crippen molar-refractivity contribution in [2.24, 2.45) is 34.5 Å². The molecule has 2 heteroatoms. The summed E-state index contributed by atoms with van der Waals surface area (Å²) in [4.78, 5) is 0. The van der Waals surface area contributed by atoms with Crippen LogP contribution >= 0.6 is 0 Å². The third-order valence-corrected chi connectivity index (χ3v) is 8.86. The summed E-state index contributed by atoms with van der Waals surface area (Å²) in [5.74, 6) is 1.80. The molecule has 4 saturated carbocycles. The summed E-state index contributed by atoms with van der Waals surface area (Å²) >= 11 is 0. The van der Waals surface area contributed by atoms with Gasteiger partial charge in [0, 0.05) is 0 Å². The third kappa shape index (κ3) is 2.00. The highest BCUT2D eigenvalue weighted by molar-refractivity contribution is 5.24. The molecule has 0 spiro atoms. The molecule has 0 bridgehead atoms. The van der Waals surface area contributed by atoms with Crippen molar-refractivity contribution in [1.82, 2.24) is 0 Å². The van der Waals surface area contributed by atoms with Gasteiger partial charge in [-0.3, -0.25) is 0 Å². The van der Waals surface area contributed by atoms with Crippen molar-refractivity contribution in [1.29, 1.82) is 0 Å². The Labute approximate surface area is 141 Å². The summed E-state index contributed by atoms with van der Waals surface area (Å²) in [5, 5.41) is 22.0. The number of rotatable bonds is 0. The zero-order valence-corrected chi connectivity index (χ0v) is 15.1. The average Bonchev–Trinajstić information content (AvgIpc) is 2.88. The van der Waals surface area contributed by atoms with Gasteiger partial charge in [0.1, 0.15) is 0 Å². The Hall–Kier alpha value is -0.340. The zero-order valence-electron chi connectivity index (χ0n) is 15.1. The molecule has 0 heterocycles. The molecular weight excluding hydrogens is 284 g/mol. The summed E-state index contributed by atoms with van der Waals surface area (Å²) in [6, 6.07) is 0. The molecule has 4 aliphatic rings. The van der Waals surface area contributed by atoms with Crippen LogP contribution in [0.4, 0.5) is 0 Å². The molecule has 4 rings (SSSR count). The Morgan fingerprint density at radius 3 is 2.43 bits per heavy atom. The van der Waals surface area contributed by atoms with E-state index < -0.39 is 12.2 Å². The molecular formula is C21H34O2. The van der Waals surface area contributed by atoms with E-state index in [1.54, 1.807) is 5.57 Å². The van der Waals surface area contributed by atoms with Gasteiger partial charge in [-0.05, 0) is 80.0 Å². The first-order valence-electron chi connectivity index (χ1n) is 9.95. The van der Waals surface area contributed by atoms with E-state index >= 15 is 0 Å². The summed E-state index contributed by atoms with van der Waals surface area (Å²) in [5.41, 5.74) is 2.13. The molecule has 0 radical (unpaired) electrons. The summed E-state index contributed by atoms with van der Waals surface area (Å²) in [6.45, 7) is 7.06. The van der Waals surface area contributed by atoms with Gasteiger partial charge in [-0.15, -0.1) is 0 Å². The van der Waals surface area contributed by atoms with Crippen LogP contribution in [0.2, 0.25) is 0 Å². The van der Waals surface area contributed by atoms with E-state index in [-0.39, 0.29) is 10.8 Å². The van der Waals surface area contributed by atoms with Crippen LogP contribution in [0, 0.1) is 34.5 Å². The zero-order chi connectivity index (χ0) is 16.4. The first-order chi connectivity index (χ1) is 10.9. The molecule has 8 atom stereocenters. The van der Waals surface area contributed by atoms with Crippen molar-refractivity contribution in [2.75, 3.05) is 0 Å². The normalized spacial score (nSPS) is 57.7. The van der Waals surface area contributed by atoms with E-state index in [1.807, 2.05) is 0 Å². The molecule has 0 saturated heterocycles. The predicted molar refractivity (Wildman–Crippen MR) is 92.9 cm³/mol. The van der Waals surface area contributed by atoms with Gasteiger partial charge in [-0.1, -0.05) is 38.3 Å². The lowest BCUT2D eigenvalue weighted by Crippen LogP contribution is -2.62. The molecule has 0 aromatic rings. The molecule has 23 heavy (non-hydrogen) atoms. The second-order valence-corrected chi connectivity index (χ2v) is 9.44. The minimum absolute atomic E-state index is 0.252. The fraction of sp³-hybridized carbons (Fsp3) is 0.905. The van der Waals surface area contributed by atoms with E-state index in [0.717, 1.165) is 6.42 Å². The largest absolute Gasteiger partial charge is 0.390 e. The van der Waals surface area contributed by atoms with Crippen molar-refractivity contribution in [3.8, 4) is 0 Å². The predicted octanol–water partition coefficient (Wildman–Crippen LogP) is 4.31. The van der Waals surface area contributed by atoms with E-state index in [2.05, 4.69) is 26.8 Å². The lowest BCUT2D eigenvalue weighted by Gasteiger charge is -2.62. The Morgan fingerprint density at radius 1 is 0.913 bits per heavy atom. The lowest BCUT2D eigenvalue weighted by atomic mass is 9.44. The molecule has 4 fully saturated rings. The third-order valence-electron chi connectivity index (χ3n) is 8.86. The smallest absolute Gasteiger partial charge is 0.0835 e. The van der Waals surface area contributed by atoms with E-state index in [1.165, 1.54) is 44.9 Å². The molecule has 130 valence electrons. The maximum Gasteiger partial charge on any atom is 0.0835 e. The molecule has 0 aromatic heterocycles. The Morgan fingerprint density at radius 2 is 1.70 bits per heavy atom. The van der Waals surface area contributed by atoms with Gasteiger partial charge in [-0.25, -0.2) is 0 Å². The van der Waals surface area contributed by atoms with Crippen LogP contribution in [0.1, 0.15) is 72.1 Å². The fourth-order valence-corrected chi connectivity index (χ4v) is 7.64. The summed E-state index contributed by atoms with van der Waals surface area (Å²) in [7, 11) is 0. The Bertz CT molecular complexity index is 512. The van der Waals surface area contributed by atoms with Crippen LogP contribution in [-0.2, 0) is 0 Å². The fourth-order valence-electron chi connectivity index (χ4n) is 7.64. The van der Waals surface area contributed by atoms with Crippen LogP contribution < -0.4 is 0 Å². The number of aliphatic hydroxyl groups excluding tert-OH is 2. The van der Waals surface area contributed by atoms with Crippen LogP contribution in [0.15, 0.2) is 11.6 Å². The molecule has 4 aliphatic carbocycles. The van der Waals surface area contributed by atoms with Gasteiger partial charge < -0.3 is 10.2 Å². The molecule has 0 aliphatic heterocycles. The number of allylic oxidation sites excluding steroid dienone is 2. The molecule has 2 N–H and O–H groups in total. The van der Waals surface area contributed by atoms with Crippen LogP contribution in [-0.4, -0.2) is 22.4 Å². The van der Waals surface area contributed by atoms with E-state index in [4.69, 9.17) is 0 Å². The SMILES string of the molecule is CC=C1CCC2C3C(CC[C@]12C)[C@@]1(C)CCCCC1[C@@H](O)[C@@H]3O. The van der Waals surface area contributed by atoms with Crippen molar-refractivity contribution in [3.05, 3.63) is 11.6 Å². The van der Waals surface area contributed by atoms with Crippen molar-refractivity contribution in [2.45, 2.75) is 84.3 Å². The maximum absolute atomic E-state index is 11.1. The van der Waals surface area contributed by atoms with Crippen LogP contribution in [0.3, 0.4) is 0 Å². The van der Waals surface area contributed by atoms with Crippen molar-refractivity contribution in [3.63, 3.8) is 0 Å². The molecule has 0 aromatic carbocycles. The van der Waals surface area contributed by atoms with Gasteiger partial charge in [0.25, 0.3) is 0 Å². The van der Waals surface area contributed by atoms with Crippen LogP contribution in [0.5, 0.6) is 0 Å². The number of hydrogen-bond acceptors (Lipinski definition) is 2. The molecule has 2 nitrogen and oxygen atoms in total. The number of fused-ring (bicyclic) bond motifs is 5. The highest BCUT2D eigenvalue weighted by Crippen LogP contribution is 2.67. The number of aliphatic hydroxyl groups is 2. The second kappa shape index (κ2) is 5.33. The van der Waals surface area contributed by atoms with Crippen LogP contribution in [0.25, 0.3) is 0 Å². The molecule has 0 amide bonds. The highest BCUT2D eigenvalue weighted by atomic mass is 16.3. The first-order valence-corrected chi connectivity index (χ1v) is 9.95. The van der Waals surface area contributed by atoms with Gasteiger partial charge in [0.05, 0.1) is 12.2 Å². The lowest BCUT2D eigenvalue weighted by molar-refractivity contribution is -0.209. The monoisotopic (exact) mass is 318 g/mol. The second-order valence-electron chi connectivity index (χ2n) is 9.44. The number of hydrogen-bond donors (Lipinski definition) is 2. The van der Waals surface area contributed by atoms with Gasteiger partial charge in [0.2, 0.25) is 0 Å². The van der Waals surface area contributed by atoms with Crippen molar-refractivity contribution < 1.29 is 10.2 Å². The average molecular weight is 319 g/mol.